The molecule has 1 saturated heterocycles. The van der Waals surface area contributed by atoms with Crippen LogP contribution in [0, 0.1) is 16.6 Å². The number of nitrogens with zero attached hydrogens (tertiary/aromatic N) is 1. The highest BCUT2D eigenvalue weighted by Gasteiger charge is 2.51. The summed E-state index contributed by atoms with van der Waals surface area (Å²) in [6.45, 7) is 7.76. The van der Waals surface area contributed by atoms with Crippen molar-refractivity contribution in [1.29, 1.82) is 0 Å². The Morgan fingerprint density at radius 3 is 2.56 bits per heavy atom. The number of hydrogen-bond donors (Lipinski definition) is 1. The van der Waals surface area contributed by atoms with Gasteiger partial charge in [0.1, 0.15) is 5.82 Å². The molecule has 1 N–H and O–H groups in total. The standard InChI is InChI=1S/C20H27FN2O2/c1-19(2)10-16-11-20(3,12-19)13-23(16)18(25)17(24)22-9-8-14-4-6-15(21)7-5-14/h4-7,16H,8-13H2,1-3H3,(H,22,24). The minimum atomic E-state index is -0.531. The largest absolute Gasteiger partial charge is 0.347 e. The van der Waals surface area contributed by atoms with Crippen LogP contribution in [0.2, 0.25) is 0 Å². The van der Waals surface area contributed by atoms with Crippen LogP contribution in [0.3, 0.4) is 0 Å². The summed E-state index contributed by atoms with van der Waals surface area (Å²) in [7, 11) is 0. The van der Waals surface area contributed by atoms with Gasteiger partial charge in [-0.05, 0) is 54.2 Å². The Hall–Kier alpha value is -1.91. The topological polar surface area (TPSA) is 49.4 Å². The van der Waals surface area contributed by atoms with Gasteiger partial charge in [0.2, 0.25) is 0 Å². The van der Waals surface area contributed by atoms with Gasteiger partial charge in [0, 0.05) is 19.1 Å². The Morgan fingerprint density at radius 1 is 1.20 bits per heavy atom. The van der Waals surface area contributed by atoms with Gasteiger partial charge in [-0.25, -0.2) is 4.39 Å². The van der Waals surface area contributed by atoms with Gasteiger partial charge < -0.3 is 10.2 Å². The van der Waals surface area contributed by atoms with Crippen LogP contribution in [0.1, 0.15) is 45.6 Å². The first kappa shape index (κ1) is 17.9. The second-order valence-electron chi connectivity index (χ2n) is 8.78. The average molecular weight is 346 g/mol. The molecule has 2 bridgehead atoms. The summed E-state index contributed by atoms with van der Waals surface area (Å²) in [5.74, 6) is -1.22. The number of likely N-dealkylation sites (tertiary alicyclic amines) is 1. The van der Waals surface area contributed by atoms with E-state index in [-0.39, 0.29) is 22.7 Å². The van der Waals surface area contributed by atoms with E-state index in [4.69, 9.17) is 0 Å². The van der Waals surface area contributed by atoms with Crippen molar-refractivity contribution in [3.05, 3.63) is 35.6 Å². The maximum Gasteiger partial charge on any atom is 0.312 e. The molecule has 25 heavy (non-hydrogen) atoms. The molecule has 0 spiro atoms. The fourth-order valence-electron chi connectivity index (χ4n) is 4.87. The number of carbonyl (C=O) groups is 2. The van der Waals surface area contributed by atoms with Crippen molar-refractivity contribution in [2.24, 2.45) is 10.8 Å². The summed E-state index contributed by atoms with van der Waals surface area (Å²) in [6.07, 6.45) is 3.61. The van der Waals surface area contributed by atoms with Crippen LogP contribution < -0.4 is 5.32 Å². The lowest BCUT2D eigenvalue weighted by Gasteiger charge is -2.39. The third-order valence-corrected chi connectivity index (χ3v) is 5.48. The Labute approximate surface area is 148 Å². The van der Waals surface area contributed by atoms with E-state index in [0.29, 0.717) is 19.5 Å². The highest BCUT2D eigenvalue weighted by Crippen LogP contribution is 2.52. The van der Waals surface area contributed by atoms with Gasteiger partial charge in [-0.3, -0.25) is 9.59 Å². The number of nitrogens with one attached hydrogen (secondary N) is 1. The van der Waals surface area contributed by atoms with Crippen LogP contribution in [0.25, 0.3) is 0 Å². The van der Waals surface area contributed by atoms with Crippen molar-refractivity contribution in [1.82, 2.24) is 10.2 Å². The fraction of sp³-hybridized carbons (Fsp3) is 0.600. The predicted octanol–water partition coefficient (Wildman–Crippen LogP) is 2.91. The van der Waals surface area contributed by atoms with Crippen molar-refractivity contribution >= 4 is 11.8 Å². The highest BCUT2D eigenvalue weighted by atomic mass is 19.1. The molecule has 2 unspecified atom stereocenters. The molecule has 2 atom stereocenters. The van der Waals surface area contributed by atoms with Crippen LogP contribution in [-0.4, -0.2) is 35.8 Å². The van der Waals surface area contributed by atoms with Crippen molar-refractivity contribution < 1.29 is 14.0 Å². The summed E-state index contributed by atoms with van der Waals surface area (Å²) in [5.41, 5.74) is 1.27. The number of hydrogen-bond acceptors (Lipinski definition) is 2. The summed E-state index contributed by atoms with van der Waals surface area (Å²) in [4.78, 5) is 26.6. The Morgan fingerprint density at radius 2 is 1.88 bits per heavy atom. The van der Waals surface area contributed by atoms with Crippen LogP contribution in [0.4, 0.5) is 4.39 Å². The SMILES string of the molecule is CC1(C)CC2CC(C)(CN2C(=O)C(=O)NCCc2ccc(F)cc2)C1. The smallest absolute Gasteiger partial charge is 0.312 e. The number of rotatable bonds is 3. The lowest BCUT2D eigenvalue weighted by Crippen LogP contribution is -2.46. The fourth-order valence-corrected chi connectivity index (χ4v) is 4.87. The second-order valence-corrected chi connectivity index (χ2v) is 8.78. The van der Waals surface area contributed by atoms with E-state index >= 15 is 0 Å². The number of fused-ring (bicyclic) bond motifs is 2. The molecular formula is C20H27FN2O2. The molecule has 1 aromatic rings. The van der Waals surface area contributed by atoms with Crippen LogP contribution in [-0.2, 0) is 16.0 Å². The van der Waals surface area contributed by atoms with E-state index in [1.54, 1.807) is 17.0 Å². The maximum atomic E-state index is 12.9. The van der Waals surface area contributed by atoms with Crippen LogP contribution in [0.15, 0.2) is 24.3 Å². The van der Waals surface area contributed by atoms with Gasteiger partial charge in [-0.1, -0.05) is 32.9 Å². The molecular weight excluding hydrogens is 319 g/mol. The van der Waals surface area contributed by atoms with Crippen LogP contribution >= 0.6 is 0 Å². The quantitative estimate of drug-likeness (QED) is 0.856. The Kier molecular flexibility index (Phi) is 4.60. The molecule has 0 radical (unpaired) electrons. The van der Waals surface area contributed by atoms with Crippen molar-refractivity contribution in [3.8, 4) is 0 Å². The molecule has 136 valence electrons. The van der Waals surface area contributed by atoms with Gasteiger partial charge in [0.25, 0.3) is 0 Å². The lowest BCUT2D eigenvalue weighted by atomic mass is 9.65. The number of benzene rings is 1. The molecule has 1 saturated carbocycles. The number of halogens is 1. The second kappa shape index (κ2) is 6.43. The summed E-state index contributed by atoms with van der Waals surface area (Å²) in [6, 6.07) is 6.35. The predicted molar refractivity (Wildman–Crippen MR) is 94.4 cm³/mol. The third kappa shape index (κ3) is 4.02. The van der Waals surface area contributed by atoms with Crippen molar-refractivity contribution in [2.45, 2.75) is 52.5 Å². The van der Waals surface area contributed by atoms with Gasteiger partial charge in [-0.15, -0.1) is 0 Å². The summed E-state index contributed by atoms with van der Waals surface area (Å²) in [5, 5.41) is 2.71. The first-order chi connectivity index (χ1) is 11.7. The molecule has 0 aromatic heterocycles. The van der Waals surface area contributed by atoms with Gasteiger partial charge >= 0.3 is 11.8 Å². The lowest BCUT2D eigenvalue weighted by molar-refractivity contribution is -0.146. The minimum Gasteiger partial charge on any atom is -0.347 e. The molecule has 1 heterocycles. The molecule has 5 heteroatoms. The van der Waals surface area contributed by atoms with Crippen molar-refractivity contribution in [3.63, 3.8) is 0 Å². The highest BCUT2D eigenvalue weighted by molar-refractivity contribution is 6.35. The molecule has 3 rings (SSSR count). The van der Waals surface area contributed by atoms with Gasteiger partial charge in [-0.2, -0.15) is 0 Å². The molecule has 4 nitrogen and oxygen atoms in total. The molecule has 2 aliphatic rings. The van der Waals surface area contributed by atoms with E-state index in [0.717, 1.165) is 24.8 Å². The normalized spacial score (nSPS) is 27.2. The molecule has 2 fully saturated rings. The van der Waals surface area contributed by atoms with E-state index < -0.39 is 11.8 Å². The molecule has 1 aliphatic carbocycles. The molecule has 2 amide bonds. The summed E-state index contributed by atoms with van der Waals surface area (Å²) < 4.78 is 12.9. The van der Waals surface area contributed by atoms with Crippen LogP contribution in [0.5, 0.6) is 0 Å². The van der Waals surface area contributed by atoms with E-state index in [2.05, 4.69) is 26.1 Å². The third-order valence-electron chi connectivity index (χ3n) is 5.48. The number of carbonyl (C=O) groups excluding carboxylic acids is 2. The number of amides is 2. The monoisotopic (exact) mass is 346 g/mol. The zero-order valence-electron chi connectivity index (χ0n) is 15.3. The molecule has 1 aromatic carbocycles. The van der Waals surface area contributed by atoms with Crippen molar-refractivity contribution in [2.75, 3.05) is 13.1 Å². The zero-order valence-corrected chi connectivity index (χ0v) is 15.3. The summed E-state index contributed by atoms with van der Waals surface area (Å²) >= 11 is 0. The minimum absolute atomic E-state index is 0.121. The average Bonchev–Trinajstić information content (AvgIpc) is 2.77. The Balaban J connectivity index is 1.54. The van der Waals surface area contributed by atoms with Gasteiger partial charge in [0.05, 0.1) is 0 Å². The maximum absolute atomic E-state index is 12.9. The van der Waals surface area contributed by atoms with Gasteiger partial charge in [0.15, 0.2) is 0 Å². The van der Waals surface area contributed by atoms with E-state index in [1.165, 1.54) is 12.1 Å². The molecule has 1 aliphatic heterocycles. The van der Waals surface area contributed by atoms with E-state index in [9.17, 15) is 14.0 Å². The first-order valence-electron chi connectivity index (χ1n) is 9.01. The van der Waals surface area contributed by atoms with E-state index in [1.807, 2.05) is 0 Å². The zero-order chi connectivity index (χ0) is 18.2. The first-order valence-corrected chi connectivity index (χ1v) is 9.01. The Bertz CT molecular complexity index is 671.